The van der Waals surface area contributed by atoms with Crippen molar-refractivity contribution in [3.63, 3.8) is 0 Å². The summed E-state index contributed by atoms with van der Waals surface area (Å²) in [6, 6.07) is 9.04. The molecule has 1 aromatic heterocycles. The molecule has 1 heterocycles. The van der Waals surface area contributed by atoms with Gasteiger partial charge in [0.25, 0.3) is 0 Å². The Balaban J connectivity index is 1.73. The van der Waals surface area contributed by atoms with Crippen LogP contribution in [0, 0.1) is 0 Å². The zero-order chi connectivity index (χ0) is 16.4. The summed E-state index contributed by atoms with van der Waals surface area (Å²) in [6.45, 7) is 0. The molecule has 0 unspecified atom stereocenters. The lowest BCUT2D eigenvalue weighted by atomic mass is 9.80. The molecule has 120 valence electrons. The molecule has 23 heavy (non-hydrogen) atoms. The van der Waals surface area contributed by atoms with Gasteiger partial charge < -0.3 is 5.11 Å². The normalized spacial score (nSPS) is 20.1. The van der Waals surface area contributed by atoms with Crippen molar-refractivity contribution >= 4 is 29.0 Å². The Labute approximate surface area is 145 Å². The second kappa shape index (κ2) is 7.00. The van der Waals surface area contributed by atoms with E-state index < -0.39 is 6.10 Å². The van der Waals surface area contributed by atoms with Crippen molar-refractivity contribution in [2.75, 3.05) is 0 Å². The zero-order valence-corrected chi connectivity index (χ0v) is 14.0. The lowest BCUT2D eigenvalue weighted by Gasteiger charge is -2.27. The fraction of sp³-hybridized carbons (Fsp3) is 0.333. The van der Waals surface area contributed by atoms with Crippen molar-refractivity contribution in [3.05, 3.63) is 63.4 Å². The number of Topliss-reactive ketones (excluding diaryl/α,β-unsaturated/α-hetero) is 1. The summed E-state index contributed by atoms with van der Waals surface area (Å²) in [4.78, 5) is 16.9. The molecule has 1 aromatic carbocycles. The number of carbonyl (C=O) groups is 1. The third-order valence-corrected chi connectivity index (χ3v) is 4.92. The molecule has 3 rings (SSSR count). The number of halogens is 2. The largest absolute Gasteiger partial charge is 0.387 e. The third kappa shape index (κ3) is 3.57. The van der Waals surface area contributed by atoms with Crippen LogP contribution in [-0.2, 0) is 11.2 Å². The van der Waals surface area contributed by atoms with Crippen molar-refractivity contribution in [3.8, 4) is 0 Å². The van der Waals surface area contributed by atoms with Gasteiger partial charge in [-0.05, 0) is 48.6 Å². The van der Waals surface area contributed by atoms with Crippen molar-refractivity contribution < 1.29 is 9.90 Å². The van der Waals surface area contributed by atoms with Crippen LogP contribution in [0.25, 0.3) is 0 Å². The molecule has 0 saturated heterocycles. The maximum atomic E-state index is 12.6. The fourth-order valence-corrected chi connectivity index (χ4v) is 3.61. The molecule has 0 bridgehead atoms. The van der Waals surface area contributed by atoms with E-state index in [0.717, 1.165) is 11.1 Å². The molecule has 1 aliphatic rings. The number of aliphatic hydroxyl groups excluding tert-OH is 1. The summed E-state index contributed by atoms with van der Waals surface area (Å²) < 4.78 is 0. The van der Waals surface area contributed by atoms with Crippen LogP contribution in [0.1, 0.15) is 48.1 Å². The lowest BCUT2D eigenvalue weighted by molar-refractivity contribution is -0.121. The molecular formula is C18H17Cl2NO2. The molecule has 0 saturated carbocycles. The first-order chi connectivity index (χ1) is 11.1. The monoisotopic (exact) mass is 349 g/mol. The van der Waals surface area contributed by atoms with E-state index in [1.54, 1.807) is 18.3 Å². The SMILES string of the molecule is O=C(CCc1ccc(Cl)cc1Cl)[C@@H]1CC[C@H](O)c2ncccc21. The number of benzene rings is 1. The molecule has 0 spiro atoms. The summed E-state index contributed by atoms with van der Waals surface area (Å²) in [5.41, 5.74) is 2.42. The molecule has 1 N–H and O–H groups in total. The van der Waals surface area contributed by atoms with Crippen molar-refractivity contribution in [2.24, 2.45) is 0 Å². The predicted molar refractivity (Wildman–Crippen MR) is 91.0 cm³/mol. The number of hydrogen-bond acceptors (Lipinski definition) is 3. The molecule has 1 aliphatic carbocycles. The summed E-state index contributed by atoms with van der Waals surface area (Å²) in [6.07, 6.45) is 3.32. The van der Waals surface area contributed by atoms with E-state index in [2.05, 4.69) is 4.98 Å². The Morgan fingerprint density at radius 3 is 2.87 bits per heavy atom. The number of hydrogen-bond donors (Lipinski definition) is 1. The maximum Gasteiger partial charge on any atom is 0.140 e. The molecule has 5 heteroatoms. The van der Waals surface area contributed by atoms with E-state index in [1.165, 1.54) is 0 Å². The van der Waals surface area contributed by atoms with Gasteiger partial charge in [0, 0.05) is 28.6 Å². The number of ketones is 1. The standard InChI is InChI=1S/C18H17Cl2NO2/c19-12-5-3-11(15(20)10-12)4-7-16(22)13-6-8-17(23)18-14(13)2-1-9-21-18/h1-3,5,9-10,13,17,23H,4,6-8H2/t13-,17+/m1/s1. The fourth-order valence-electron chi connectivity index (χ4n) is 3.11. The van der Waals surface area contributed by atoms with Crippen LogP contribution in [0.5, 0.6) is 0 Å². The number of rotatable bonds is 4. The van der Waals surface area contributed by atoms with Gasteiger partial charge in [0.2, 0.25) is 0 Å². The van der Waals surface area contributed by atoms with Crippen LogP contribution in [0.4, 0.5) is 0 Å². The highest BCUT2D eigenvalue weighted by Gasteiger charge is 2.31. The Bertz CT molecular complexity index is 733. The van der Waals surface area contributed by atoms with Gasteiger partial charge in [0.05, 0.1) is 11.8 Å². The van der Waals surface area contributed by atoms with Gasteiger partial charge in [0.15, 0.2) is 0 Å². The number of carbonyl (C=O) groups excluding carboxylic acids is 1. The molecular weight excluding hydrogens is 333 g/mol. The first kappa shape index (κ1) is 16.4. The summed E-state index contributed by atoms with van der Waals surface area (Å²) in [5, 5.41) is 11.2. The van der Waals surface area contributed by atoms with E-state index in [9.17, 15) is 9.90 Å². The van der Waals surface area contributed by atoms with Crippen LogP contribution in [0.2, 0.25) is 10.0 Å². The van der Waals surface area contributed by atoms with E-state index in [-0.39, 0.29) is 11.7 Å². The van der Waals surface area contributed by atoms with E-state index in [4.69, 9.17) is 23.2 Å². The second-order valence-electron chi connectivity index (χ2n) is 5.83. The van der Waals surface area contributed by atoms with Crippen LogP contribution in [0.15, 0.2) is 36.5 Å². The summed E-state index contributed by atoms with van der Waals surface area (Å²) in [5.74, 6) is -0.0228. The van der Waals surface area contributed by atoms with Crippen LogP contribution in [-0.4, -0.2) is 15.9 Å². The molecule has 0 radical (unpaired) electrons. The van der Waals surface area contributed by atoms with Gasteiger partial charge >= 0.3 is 0 Å². The minimum atomic E-state index is -0.569. The molecule has 0 fully saturated rings. The molecule has 3 nitrogen and oxygen atoms in total. The van der Waals surface area contributed by atoms with Gasteiger partial charge in [-0.2, -0.15) is 0 Å². The quantitative estimate of drug-likeness (QED) is 0.883. The smallest absolute Gasteiger partial charge is 0.140 e. The van der Waals surface area contributed by atoms with Gasteiger partial charge in [-0.3, -0.25) is 9.78 Å². The van der Waals surface area contributed by atoms with Crippen LogP contribution < -0.4 is 0 Å². The Kier molecular flexibility index (Phi) is 5.00. The first-order valence-corrected chi connectivity index (χ1v) is 8.41. The number of pyridine rings is 1. The van der Waals surface area contributed by atoms with Crippen molar-refractivity contribution in [1.29, 1.82) is 0 Å². The highest BCUT2D eigenvalue weighted by molar-refractivity contribution is 6.35. The van der Waals surface area contributed by atoms with Crippen LogP contribution >= 0.6 is 23.2 Å². The average molecular weight is 350 g/mol. The molecule has 2 aromatic rings. The molecule has 0 amide bonds. The van der Waals surface area contributed by atoms with E-state index in [0.29, 0.717) is 41.4 Å². The van der Waals surface area contributed by atoms with Crippen molar-refractivity contribution in [2.45, 2.75) is 37.7 Å². The average Bonchev–Trinajstić information content (AvgIpc) is 2.54. The molecule has 2 atom stereocenters. The van der Waals surface area contributed by atoms with Gasteiger partial charge in [0.1, 0.15) is 5.78 Å². The van der Waals surface area contributed by atoms with Crippen LogP contribution in [0.3, 0.4) is 0 Å². The number of aryl methyl sites for hydroxylation is 1. The highest BCUT2D eigenvalue weighted by Crippen LogP contribution is 2.37. The van der Waals surface area contributed by atoms with Gasteiger partial charge in [-0.25, -0.2) is 0 Å². The molecule has 0 aliphatic heterocycles. The first-order valence-electron chi connectivity index (χ1n) is 7.66. The van der Waals surface area contributed by atoms with Crippen molar-refractivity contribution in [1.82, 2.24) is 4.98 Å². The summed E-state index contributed by atoms with van der Waals surface area (Å²) >= 11 is 12.0. The number of nitrogens with zero attached hydrogens (tertiary/aromatic N) is 1. The number of aromatic nitrogens is 1. The Morgan fingerprint density at radius 1 is 1.26 bits per heavy atom. The highest BCUT2D eigenvalue weighted by atomic mass is 35.5. The summed E-state index contributed by atoms with van der Waals surface area (Å²) in [7, 11) is 0. The van der Waals surface area contributed by atoms with Gasteiger partial charge in [-0.15, -0.1) is 0 Å². The van der Waals surface area contributed by atoms with E-state index >= 15 is 0 Å². The third-order valence-electron chi connectivity index (χ3n) is 4.34. The number of aliphatic hydroxyl groups is 1. The Morgan fingerprint density at radius 2 is 2.09 bits per heavy atom. The Hall–Kier alpha value is -1.42. The lowest BCUT2D eigenvalue weighted by Crippen LogP contribution is -2.22. The second-order valence-corrected chi connectivity index (χ2v) is 6.67. The predicted octanol–water partition coefficient (Wildman–Crippen LogP) is 4.50. The van der Waals surface area contributed by atoms with E-state index in [1.807, 2.05) is 18.2 Å². The maximum absolute atomic E-state index is 12.6. The zero-order valence-electron chi connectivity index (χ0n) is 12.5. The van der Waals surface area contributed by atoms with Gasteiger partial charge in [-0.1, -0.05) is 35.3 Å². The minimum Gasteiger partial charge on any atom is -0.387 e. The topological polar surface area (TPSA) is 50.2 Å². The number of fused-ring (bicyclic) bond motifs is 1. The minimum absolute atomic E-state index is 0.164.